The normalized spacial score (nSPS) is 14.1. The zero-order chi connectivity index (χ0) is 12.2. The molecule has 0 aromatic carbocycles. The number of rotatable bonds is 6. The van der Waals surface area contributed by atoms with E-state index in [4.69, 9.17) is 4.74 Å². The van der Waals surface area contributed by atoms with E-state index in [1.165, 1.54) is 0 Å². The van der Waals surface area contributed by atoms with Crippen molar-refractivity contribution in [3.8, 4) is 0 Å². The molecule has 16 heavy (non-hydrogen) atoms. The van der Waals surface area contributed by atoms with Crippen molar-refractivity contribution < 1.29 is 9.84 Å². The second-order valence-electron chi connectivity index (χ2n) is 4.02. The molecule has 0 radical (unpaired) electrons. The van der Waals surface area contributed by atoms with Crippen LogP contribution in [0, 0.1) is 0 Å². The van der Waals surface area contributed by atoms with E-state index >= 15 is 0 Å². The number of nitrogens with zero attached hydrogens (tertiary/aromatic N) is 2. The summed E-state index contributed by atoms with van der Waals surface area (Å²) in [5.41, 5.74) is 0.169. The Kier molecular flexibility index (Phi) is 4.50. The maximum Gasteiger partial charge on any atom is 0.127 e. The number of aliphatic hydroxyl groups excluding tert-OH is 1. The molecule has 4 nitrogen and oxygen atoms in total. The first kappa shape index (κ1) is 13.2. The van der Waals surface area contributed by atoms with Gasteiger partial charge in [-0.2, -0.15) is 5.10 Å². The lowest BCUT2D eigenvalue weighted by Gasteiger charge is -2.35. The zero-order valence-corrected chi connectivity index (χ0v) is 10.6. The van der Waals surface area contributed by atoms with E-state index in [0.29, 0.717) is 12.3 Å². The van der Waals surface area contributed by atoms with E-state index in [2.05, 4.69) is 5.10 Å². The van der Waals surface area contributed by atoms with Crippen LogP contribution in [0.3, 0.4) is 0 Å². The third-order valence-electron chi connectivity index (χ3n) is 3.14. The summed E-state index contributed by atoms with van der Waals surface area (Å²) in [6.07, 6.45) is 2.72. The highest BCUT2D eigenvalue weighted by Crippen LogP contribution is 2.34. The van der Waals surface area contributed by atoms with Gasteiger partial charge in [0.15, 0.2) is 0 Å². The van der Waals surface area contributed by atoms with E-state index in [1.54, 1.807) is 4.68 Å². The van der Waals surface area contributed by atoms with Gasteiger partial charge in [-0.3, -0.25) is 4.68 Å². The van der Waals surface area contributed by atoms with Crippen molar-refractivity contribution in [2.45, 2.75) is 45.3 Å². The van der Waals surface area contributed by atoms with Crippen LogP contribution >= 0.6 is 0 Å². The van der Waals surface area contributed by atoms with Crippen LogP contribution in [-0.4, -0.2) is 27.1 Å². The molecule has 1 unspecified atom stereocenters. The second-order valence-corrected chi connectivity index (χ2v) is 4.02. The molecule has 4 heteroatoms. The number of hydrogen-bond acceptors (Lipinski definition) is 3. The number of ether oxygens (including phenoxy) is 1. The fraction of sp³-hybridized carbons (Fsp3) is 0.750. The zero-order valence-electron chi connectivity index (χ0n) is 10.6. The summed E-state index contributed by atoms with van der Waals surface area (Å²) in [6, 6.07) is 1.84. The van der Waals surface area contributed by atoms with Crippen molar-refractivity contribution in [3.63, 3.8) is 0 Å². The molecular weight excluding hydrogens is 204 g/mol. The number of hydrogen-bond donors (Lipinski definition) is 1. The molecule has 1 heterocycles. The topological polar surface area (TPSA) is 47.3 Å². The third-order valence-corrected chi connectivity index (χ3v) is 3.14. The van der Waals surface area contributed by atoms with Gasteiger partial charge in [0, 0.05) is 19.9 Å². The van der Waals surface area contributed by atoms with Gasteiger partial charge < -0.3 is 9.84 Å². The summed E-state index contributed by atoms with van der Waals surface area (Å²) in [5.74, 6) is 0. The number of aromatic nitrogens is 2. The van der Waals surface area contributed by atoms with Gasteiger partial charge in [0.1, 0.15) is 6.10 Å². The van der Waals surface area contributed by atoms with Crippen LogP contribution < -0.4 is 0 Å². The number of aryl methyl sites for hydroxylation is 1. The van der Waals surface area contributed by atoms with Crippen molar-refractivity contribution >= 4 is 0 Å². The first-order valence-corrected chi connectivity index (χ1v) is 5.91. The van der Waals surface area contributed by atoms with E-state index in [-0.39, 0.29) is 0 Å². The monoisotopic (exact) mass is 226 g/mol. The third kappa shape index (κ3) is 2.44. The Hall–Kier alpha value is -0.870. The Morgan fingerprint density at radius 1 is 1.44 bits per heavy atom. The summed E-state index contributed by atoms with van der Waals surface area (Å²) in [7, 11) is 1.84. The highest BCUT2D eigenvalue weighted by Gasteiger charge is 2.37. The van der Waals surface area contributed by atoms with Gasteiger partial charge in [-0.15, -0.1) is 0 Å². The van der Waals surface area contributed by atoms with Crippen molar-refractivity contribution in [3.05, 3.63) is 18.0 Å². The number of aliphatic hydroxyl groups is 1. The van der Waals surface area contributed by atoms with Crippen LogP contribution in [0.2, 0.25) is 0 Å². The van der Waals surface area contributed by atoms with Crippen LogP contribution in [-0.2, 0) is 11.8 Å². The first-order chi connectivity index (χ1) is 7.59. The average Bonchev–Trinajstić information content (AvgIpc) is 2.72. The first-order valence-electron chi connectivity index (χ1n) is 5.91. The van der Waals surface area contributed by atoms with Gasteiger partial charge in [-0.1, -0.05) is 13.8 Å². The van der Waals surface area contributed by atoms with Crippen LogP contribution in [0.4, 0.5) is 0 Å². The smallest absolute Gasteiger partial charge is 0.127 e. The summed E-state index contributed by atoms with van der Waals surface area (Å²) >= 11 is 0. The predicted octanol–water partition coefficient (Wildman–Crippen LogP) is 2.05. The van der Waals surface area contributed by atoms with Gasteiger partial charge in [0.2, 0.25) is 0 Å². The predicted molar refractivity (Wildman–Crippen MR) is 63.1 cm³/mol. The fourth-order valence-electron chi connectivity index (χ4n) is 2.06. The molecule has 1 atom stereocenters. The summed E-state index contributed by atoms with van der Waals surface area (Å²) < 4.78 is 7.45. The van der Waals surface area contributed by atoms with Gasteiger partial charge in [-0.25, -0.2) is 0 Å². The molecule has 0 fully saturated rings. The Balaban J connectivity index is 2.94. The quantitative estimate of drug-likeness (QED) is 0.807. The molecule has 0 aliphatic heterocycles. The largest absolute Gasteiger partial charge is 0.384 e. The second kappa shape index (κ2) is 5.46. The molecule has 0 saturated heterocycles. The molecule has 0 spiro atoms. The van der Waals surface area contributed by atoms with Crippen LogP contribution in [0.5, 0.6) is 0 Å². The standard InChI is InChI=1S/C12H22N2O2/c1-5-12(6-2,16-7-3)11(15)10-8-9-14(4)13-10/h8-9,11,15H,5-7H2,1-4H3. The SMILES string of the molecule is CCOC(CC)(CC)C(O)c1ccn(C)n1. The molecule has 1 rings (SSSR count). The van der Waals surface area contributed by atoms with Gasteiger partial charge in [0.05, 0.1) is 11.3 Å². The minimum Gasteiger partial charge on any atom is -0.384 e. The van der Waals surface area contributed by atoms with Gasteiger partial charge in [0.25, 0.3) is 0 Å². The molecule has 0 aliphatic carbocycles. The van der Waals surface area contributed by atoms with E-state index < -0.39 is 11.7 Å². The van der Waals surface area contributed by atoms with Crippen molar-refractivity contribution in [2.75, 3.05) is 6.61 Å². The molecule has 1 N–H and O–H groups in total. The summed E-state index contributed by atoms with van der Waals surface area (Å²) in [6.45, 7) is 6.62. The molecule has 92 valence electrons. The van der Waals surface area contributed by atoms with Gasteiger partial charge >= 0.3 is 0 Å². The van der Waals surface area contributed by atoms with Crippen LogP contribution in [0.15, 0.2) is 12.3 Å². The Morgan fingerprint density at radius 3 is 2.44 bits per heavy atom. The minimum atomic E-state index is -0.663. The Labute approximate surface area is 97.2 Å². The van der Waals surface area contributed by atoms with Crippen molar-refractivity contribution in [1.82, 2.24) is 9.78 Å². The molecule has 1 aromatic rings. The van der Waals surface area contributed by atoms with Crippen molar-refractivity contribution in [2.24, 2.45) is 7.05 Å². The van der Waals surface area contributed by atoms with E-state index in [9.17, 15) is 5.11 Å². The fourth-order valence-corrected chi connectivity index (χ4v) is 2.06. The lowest BCUT2D eigenvalue weighted by atomic mass is 9.88. The highest BCUT2D eigenvalue weighted by atomic mass is 16.5. The summed E-state index contributed by atoms with van der Waals surface area (Å²) in [5, 5.41) is 14.6. The molecular formula is C12H22N2O2. The van der Waals surface area contributed by atoms with Gasteiger partial charge in [-0.05, 0) is 25.8 Å². The molecule has 0 bridgehead atoms. The molecule has 0 amide bonds. The van der Waals surface area contributed by atoms with Crippen molar-refractivity contribution in [1.29, 1.82) is 0 Å². The maximum absolute atomic E-state index is 10.4. The Bertz CT molecular complexity index is 319. The minimum absolute atomic E-state index is 0.511. The molecule has 1 aromatic heterocycles. The highest BCUT2D eigenvalue weighted by molar-refractivity contribution is 5.09. The molecule has 0 saturated carbocycles. The summed E-state index contributed by atoms with van der Waals surface area (Å²) in [4.78, 5) is 0. The van der Waals surface area contributed by atoms with Crippen LogP contribution in [0.25, 0.3) is 0 Å². The Morgan fingerprint density at radius 2 is 2.06 bits per heavy atom. The van der Waals surface area contributed by atoms with E-state index in [1.807, 2.05) is 40.1 Å². The average molecular weight is 226 g/mol. The maximum atomic E-state index is 10.4. The van der Waals surface area contributed by atoms with Crippen LogP contribution in [0.1, 0.15) is 45.4 Å². The molecule has 0 aliphatic rings. The van der Waals surface area contributed by atoms with E-state index in [0.717, 1.165) is 12.8 Å². The lowest BCUT2D eigenvalue weighted by Crippen LogP contribution is -2.38. The lowest BCUT2D eigenvalue weighted by molar-refractivity contribution is -0.128.